The Morgan fingerprint density at radius 2 is 2.10 bits per heavy atom. The van der Waals surface area contributed by atoms with E-state index in [4.69, 9.17) is 5.26 Å². The monoisotopic (exact) mass is 159 g/mol. The van der Waals surface area contributed by atoms with Crippen molar-refractivity contribution in [1.29, 1.82) is 5.26 Å². The van der Waals surface area contributed by atoms with Crippen LogP contribution in [0.4, 0.5) is 4.11 Å². The number of halogens is 1. The van der Waals surface area contributed by atoms with Gasteiger partial charge in [-0.1, -0.05) is 6.92 Å². The van der Waals surface area contributed by atoms with Crippen LogP contribution in [0.2, 0.25) is 19.1 Å². The second kappa shape index (κ2) is 3.72. The fourth-order valence-electron chi connectivity index (χ4n) is 0.867. The van der Waals surface area contributed by atoms with Crippen molar-refractivity contribution >= 4 is 8.41 Å². The van der Waals surface area contributed by atoms with Crippen molar-refractivity contribution in [3.05, 3.63) is 0 Å². The minimum Gasteiger partial charge on any atom is -0.314 e. The molecule has 0 aromatic carbocycles. The van der Waals surface area contributed by atoms with Crippen molar-refractivity contribution in [3.63, 3.8) is 0 Å². The van der Waals surface area contributed by atoms with Gasteiger partial charge < -0.3 is 4.11 Å². The van der Waals surface area contributed by atoms with Gasteiger partial charge in [0.1, 0.15) is 0 Å². The maximum absolute atomic E-state index is 13.0. The van der Waals surface area contributed by atoms with Crippen LogP contribution < -0.4 is 0 Å². The normalized spacial score (nSPS) is 14.3. The molecule has 0 N–H and O–H groups in total. The van der Waals surface area contributed by atoms with Crippen LogP contribution in [0.5, 0.6) is 0 Å². The predicted molar refractivity (Wildman–Crippen MR) is 42.8 cm³/mol. The van der Waals surface area contributed by atoms with Gasteiger partial charge in [-0.15, -0.1) is 0 Å². The maximum Gasteiger partial charge on any atom is 0.242 e. The highest BCUT2D eigenvalue weighted by molar-refractivity contribution is 6.70. The highest BCUT2D eigenvalue weighted by Crippen LogP contribution is 2.19. The van der Waals surface area contributed by atoms with Gasteiger partial charge >= 0.3 is 0 Å². The molecule has 1 nitrogen and oxygen atoms in total. The van der Waals surface area contributed by atoms with E-state index in [1.807, 2.05) is 6.92 Å². The minimum atomic E-state index is -2.48. The first kappa shape index (κ1) is 9.64. The molecule has 0 bridgehead atoms. The van der Waals surface area contributed by atoms with Crippen LogP contribution in [0.3, 0.4) is 0 Å². The molecule has 1 unspecified atom stereocenters. The van der Waals surface area contributed by atoms with E-state index in [-0.39, 0.29) is 5.92 Å². The minimum absolute atomic E-state index is 0.0633. The Labute approximate surface area is 63.0 Å². The van der Waals surface area contributed by atoms with Gasteiger partial charge in [0.2, 0.25) is 8.41 Å². The van der Waals surface area contributed by atoms with Crippen molar-refractivity contribution in [2.24, 2.45) is 5.92 Å². The number of nitriles is 1. The zero-order valence-corrected chi connectivity index (χ0v) is 7.82. The Balaban J connectivity index is 3.78. The summed E-state index contributed by atoms with van der Waals surface area (Å²) in [6.07, 6.45) is 0.775. The van der Waals surface area contributed by atoms with Crippen LogP contribution in [-0.4, -0.2) is 8.41 Å². The molecule has 0 saturated carbocycles. The first-order valence-corrected chi connectivity index (χ1v) is 6.66. The largest absolute Gasteiger partial charge is 0.314 e. The average molecular weight is 159 g/mol. The summed E-state index contributed by atoms with van der Waals surface area (Å²) >= 11 is 0. The summed E-state index contributed by atoms with van der Waals surface area (Å²) in [6, 6.07) is 2.59. The highest BCUT2D eigenvalue weighted by Gasteiger charge is 2.24. The van der Waals surface area contributed by atoms with Crippen molar-refractivity contribution in [2.75, 3.05) is 0 Å². The van der Waals surface area contributed by atoms with Crippen LogP contribution in [0, 0.1) is 17.2 Å². The van der Waals surface area contributed by atoms with Gasteiger partial charge in [-0.3, -0.25) is 0 Å². The van der Waals surface area contributed by atoms with E-state index in [0.717, 1.165) is 6.42 Å². The quantitative estimate of drug-likeness (QED) is 0.459. The molecule has 0 aliphatic rings. The van der Waals surface area contributed by atoms with Crippen LogP contribution in [-0.2, 0) is 0 Å². The highest BCUT2D eigenvalue weighted by atomic mass is 28.4. The molecular formula is C7H14FNSi. The smallest absolute Gasteiger partial charge is 0.242 e. The molecule has 0 aliphatic heterocycles. The lowest BCUT2D eigenvalue weighted by molar-refractivity contribution is 0.659. The average Bonchev–Trinajstić information content (AvgIpc) is 1.81. The van der Waals surface area contributed by atoms with E-state index in [1.54, 1.807) is 13.1 Å². The molecule has 0 aromatic rings. The first-order chi connectivity index (χ1) is 4.49. The van der Waals surface area contributed by atoms with Gasteiger partial charge in [-0.05, 0) is 25.6 Å². The Morgan fingerprint density at radius 1 is 1.60 bits per heavy atom. The van der Waals surface area contributed by atoms with Crippen molar-refractivity contribution < 1.29 is 4.11 Å². The first-order valence-electron chi connectivity index (χ1n) is 3.58. The van der Waals surface area contributed by atoms with Crippen LogP contribution in [0.25, 0.3) is 0 Å². The van der Waals surface area contributed by atoms with E-state index < -0.39 is 8.41 Å². The van der Waals surface area contributed by atoms with Crippen molar-refractivity contribution in [1.82, 2.24) is 0 Å². The molecule has 3 heteroatoms. The zero-order chi connectivity index (χ0) is 8.20. The molecule has 0 heterocycles. The van der Waals surface area contributed by atoms with Gasteiger partial charge in [-0.2, -0.15) is 5.26 Å². The topological polar surface area (TPSA) is 23.8 Å². The third kappa shape index (κ3) is 4.51. The van der Waals surface area contributed by atoms with Crippen molar-refractivity contribution in [3.8, 4) is 6.07 Å². The summed E-state index contributed by atoms with van der Waals surface area (Å²) in [6.45, 7) is 5.22. The summed E-state index contributed by atoms with van der Waals surface area (Å²) in [5.74, 6) is -0.0633. The molecule has 0 aromatic heterocycles. The predicted octanol–water partition coefficient (Wildman–Crippen LogP) is 2.71. The molecule has 0 amide bonds. The number of hydrogen-bond acceptors (Lipinski definition) is 1. The summed E-state index contributed by atoms with van der Waals surface area (Å²) in [7, 11) is -2.48. The van der Waals surface area contributed by atoms with Crippen LogP contribution in [0.15, 0.2) is 0 Å². The molecular weight excluding hydrogens is 145 g/mol. The number of rotatable bonds is 3. The van der Waals surface area contributed by atoms with Gasteiger partial charge in [0.05, 0.1) is 6.07 Å². The second-order valence-electron chi connectivity index (χ2n) is 3.16. The Hall–Kier alpha value is -0.363. The lowest BCUT2D eigenvalue weighted by atomic mass is 10.1. The second-order valence-corrected chi connectivity index (χ2v) is 7.00. The van der Waals surface area contributed by atoms with E-state index in [2.05, 4.69) is 6.07 Å². The molecule has 0 fully saturated rings. The summed E-state index contributed by atoms with van der Waals surface area (Å²) in [4.78, 5) is 0. The van der Waals surface area contributed by atoms with Gasteiger partial charge in [0.15, 0.2) is 0 Å². The van der Waals surface area contributed by atoms with E-state index in [9.17, 15) is 4.11 Å². The third-order valence-electron chi connectivity index (χ3n) is 1.41. The molecule has 0 saturated heterocycles. The Kier molecular flexibility index (Phi) is 3.58. The Bertz CT molecular complexity index is 134. The zero-order valence-electron chi connectivity index (χ0n) is 6.82. The summed E-state index contributed by atoms with van der Waals surface area (Å²) in [5.41, 5.74) is 0. The lowest BCUT2D eigenvalue weighted by Crippen LogP contribution is -2.21. The van der Waals surface area contributed by atoms with Crippen molar-refractivity contribution in [2.45, 2.75) is 32.5 Å². The lowest BCUT2D eigenvalue weighted by Gasteiger charge is -2.13. The van der Waals surface area contributed by atoms with Gasteiger partial charge in [0, 0.05) is 5.92 Å². The van der Waals surface area contributed by atoms with E-state index in [0.29, 0.717) is 6.04 Å². The maximum atomic E-state index is 13.0. The molecule has 0 rings (SSSR count). The van der Waals surface area contributed by atoms with Crippen LogP contribution in [0.1, 0.15) is 13.3 Å². The molecule has 1 atom stereocenters. The van der Waals surface area contributed by atoms with Gasteiger partial charge in [-0.25, -0.2) is 0 Å². The molecule has 0 aliphatic carbocycles. The number of nitrogens with zero attached hydrogens (tertiary/aromatic N) is 1. The van der Waals surface area contributed by atoms with Crippen LogP contribution >= 0.6 is 0 Å². The molecule has 0 spiro atoms. The fourth-order valence-corrected chi connectivity index (χ4v) is 2.42. The summed E-state index contributed by atoms with van der Waals surface area (Å²) in [5, 5.41) is 8.49. The van der Waals surface area contributed by atoms with Gasteiger partial charge in [0.25, 0.3) is 0 Å². The fraction of sp³-hybridized carbons (Fsp3) is 0.857. The van der Waals surface area contributed by atoms with E-state index in [1.165, 1.54) is 0 Å². The standard InChI is InChI=1S/C7H14FNSi/c1-4-7(5-9)6-10(2,3)8/h7H,4,6H2,1-3H3. The molecule has 58 valence electrons. The van der Waals surface area contributed by atoms with E-state index >= 15 is 0 Å². The Morgan fingerprint density at radius 3 is 2.20 bits per heavy atom. The molecule has 0 radical (unpaired) electrons. The molecule has 10 heavy (non-hydrogen) atoms. The third-order valence-corrected chi connectivity index (χ3v) is 2.87. The SMILES string of the molecule is CCC(C#N)C[Si](C)(C)F. The number of hydrogen-bond donors (Lipinski definition) is 0. The summed E-state index contributed by atoms with van der Waals surface area (Å²) < 4.78 is 13.0.